The third-order valence-corrected chi connectivity index (χ3v) is 3.06. The highest BCUT2D eigenvalue weighted by atomic mass is 16.5. The summed E-state index contributed by atoms with van der Waals surface area (Å²) in [5.74, 6) is 0.0257. The van der Waals surface area contributed by atoms with E-state index in [2.05, 4.69) is 10.2 Å². The molecule has 0 spiro atoms. The van der Waals surface area contributed by atoms with Crippen LogP contribution in [-0.4, -0.2) is 44.7 Å². The molecule has 5 heteroatoms. The number of benzene rings is 1. The largest absolute Gasteiger partial charge is 0.385 e. The van der Waals surface area contributed by atoms with Crippen molar-refractivity contribution >= 4 is 11.6 Å². The highest BCUT2D eigenvalue weighted by Gasteiger charge is 2.05. The first kappa shape index (κ1) is 16.6. The van der Waals surface area contributed by atoms with Crippen LogP contribution in [0, 0.1) is 0 Å². The smallest absolute Gasteiger partial charge is 0.225 e. The standard InChI is InChI=1S/C15H25N3O2/c1-18(8-4-10-20-2)9-7-15(19)17-14-6-3-5-13(11-14)12-16/h3,5-6,11H,4,7-10,12,16H2,1-2H3,(H,17,19). The number of nitrogens with two attached hydrogens (primary N) is 1. The minimum absolute atomic E-state index is 0.0257. The molecular weight excluding hydrogens is 254 g/mol. The number of carbonyl (C=O) groups is 1. The quantitative estimate of drug-likeness (QED) is 0.671. The predicted molar refractivity (Wildman–Crippen MR) is 81.6 cm³/mol. The van der Waals surface area contributed by atoms with E-state index in [4.69, 9.17) is 10.5 Å². The molecule has 0 unspecified atom stereocenters. The van der Waals surface area contributed by atoms with Gasteiger partial charge in [-0.3, -0.25) is 4.79 Å². The lowest BCUT2D eigenvalue weighted by Crippen LogP contribution is -2.25. The molecule has 0 fully saturated rings. The van der Waals surface area contributed by atoms with Gasteiger partial charge in [-0.15, -0.1) is 0 Å². The van der Waals surface area contributed by atoms with Gasteiger partial charge in [-0.1, -0.05) is 12.1 Å². The van der Waals surface area contributed by atoms with Crippen LogP contribution in [0.25, 0.3) is 0 Å². The Bertz CT molecular complexity index is 410. The Morgan fingerprint density at radius 2 is 2.20 bits per heavy atom. The number of carbonyl (C=O) groups excluding carboxylic acids is 1. The molecule has 0 saturated carbocycles. The number of nitrogens with zero attached hydrogens (tertiary/aromatic N) is 1. The molecule has 0 aliphatic heterocycles. The van der Waals surface area contributed by atoms with Gasteiger partial charge in [-0.05, 0) is 31.2 Å². The topological polar surface area (TPSA) is 67.6 Å². The number of nitrogens with one attached hydrogen (secondary N) is 1. The highest BCUT2D eigenvalue weighted by molar-refractivity contribution is 5.90. The van der Waals surface area contributed by atoms with Crippen molar-refractivity contribution in [3.8, 4) is 0 Å². The number of hydrogen-bond acceptors (Lipinski definition) is 4. The fourth-order valence-electron chi connectivity index (χ4n) is 1.88. The molecular formula is C15H25N3O2. The molecule has 1 amide bonds. The summed E-state index contributed by atoms with van der Waals surface area (Å²) in [4.78, 5) is 14.0. The Hall–Kier alpha value is -1.43. The maximum Gasteiger partial charge on any atom is 0.225 e. The lowest BCUT2D eigenvalue weighted by molar-refractivity contribution is -0.116. The van der Waals surface area contributed by atoms with Gasteiger partial charge in [0, 0.05) is 45.5 Å². The van der Waals surface area contributed by atoms with Crippen molar-refractivity contribution in [3.63, 3.8) is 0 Å². The third-order valence-electron chi connectivity index (χ3n) is 3.06. The van der Waals surface area contributed by atoms with Crippen LogP contribution in [0.1, 0.15) is 18.4 Å². The fraction of sp³-hybridized carbons (Fsp3) is 0.533. The predicted octanol–water partition coefficient (Wildman–Crippen LogP) is 1.44. The molecule has 1 aromatic rings. The number of methoxy groups -OCH3 is 1. The molecule has 20 heavy (non-hydrogen) atoms. The Morgan fingerprint density at radius 1 is 1.40 bits per heavy atom. The van der Waals surface area contributed by atoms with Crippen LogP contribution in [0.4, 0.5) is 5.69 Å². The summed E-state index contributed by atoms with van der Waals surface area (Å²) in [5, 5.41) is 2.89. The van der Waals surface area contributed by atoms with Crippen LogP contribution in [0.2, 0.25) is 0 Å². The van der Waals surface area contributed by atoms with Gasteiger partial charge in [0.2, 0.25) is 5.91 Å². The minimum Gasteiger partial charge on any atom is -0.385 e. The second kappa shape index (κ2) is 9.47. The molecule has 0 aliphatic carbocycles. The summed E-state index contributed by atoms with van der Waals surface area (Å²) in [7, 11) is 3.71. The van der Waals surface area contributed by atoms with Gasteiger partial charge < -0.3 is 20.7 Å². The number of amides is 1. The summed E-state index contributed by atoms with van der Waals surface area (Å²) < 4.78 is 5.00. The van der Waals surface area contributed by atoms with Crippen molar-refractivity contribution in [1.29, 1.82) is 0 Å². The van der Waals surface area contributed by atoms with E-state index in [9.17, 15) is 4.79 Å². The fourth-order valence-corrected chi connectivity index (χ4v) is 1.88. The zero-order valence-electron chi connectivity index (χ0n) is 12.4. The first-order valence-electron chi connectivity index (χ1n) is 6.92. The number of rotatable bonds is 9. The molecule has 0 heterocycles. The summed E-state index contributed by atoms with van der Waals surface area (Å²) in [5.41, 5.74) is 7.40. The zero-order valence-corrected chi connectivity index (χ0v) is 12.4. The maximum atomic E-state index is 11.9. The second-order valence-corrected chi connectivity index (χ2v) is 4.85. The first-order valence-corrected chi connectivity index (χ1v) is 6.92. The van der Waals surface area contributed by atoms with Crippen molar-refractivity contribution < 1.29 is 9.53 Å². The van der Waals surface area contributed by atoms with Gasteiger partial charge in [0.1, 0.15) is 0 Å². The van der Waals surface area contributed by atoms with E-state index in [1.54, 1.807) is 7.11 Å². The molecule has 5 nitrogen and oxygen atoms in total. The van der Waals surface area contributed by atoms with Crippen molar-refractivity contribution in [3.05, 3.63) is 29.8 Å². The van der Waals surface area contributed by atoms with Gasteiger partial charge in [0.05, 0.1) is 0 Å². The SMILES string of the molecule is COCCCN(C)CCC(=O)Nc1cccc(CN)c1. The number of anilines is 1. The molecule has 0 bridgehead atoms. The van der Waals surface area contributed by atoms with Crippen LogP contribution in [0.3, 0.4) is 0 Å². The van der Waals surface area contributed by atoms with Gasteiger partial charge in [0.15, 0.2) is 0 Å². The zero-order chi connectivity index (χ0) is 14.8. The van der Waals surface area contributed by atoms with E-state index >= 15 is 0 Å². The number of ether oxygens (including phenoxy) is 1. The van der Waals surface area contributed by atoms with E-state index in [0.29, 0.717) is 13.0 Å². The molecule has 0 saturated heterocycles. The Labute approximate surface area is 121 Å². The van der Waals surface area contributed by atoms with Crippen molar-refractivity contribution in [2.75, 3.05) is 39.2 Å². The Morgan fingerprint density at radius 3 is 2.90 bits per heavy atom. The van der Waals surface area contributed by atoms with Gasteiger partial charge in [-0.25, -0.2) is 0 Å². The van der Waals surface area contributed by atoms with Gasteiger partial charge in [-0.2, -0.15) is 0 Å². The lowest BCUT2D eigenvalue weighted by Gasteiger charge is -2.16. The van der Waals surface area contributed by atoms with Crippen molar-refractivity contribution in [1.82, 2.24) is 4.90 Å². The normalized spacial score (nSPS) is 10.8. The molecule has 0 atom stereocenters. The minimum atomic E-state index is 0.0257. The van der Waals surface area contributed by atoms with Gasteiger partial charge in [0.25, 0.3) is 0 Å². The van der Waals surface area contributed by atoms with E-state index in [1.165, 1.54) is 0 Å². The summed E-state index contributed by atoms with van der Waals surface area (Å²) in [6, 6.07) is 7.62. The van der Waals surface area contributed by atoms with Gasteiger partial charge >= 0.3 is 0 Å². The van der Waals surface area contributed by atoms with E-state index in [1.807, 2.05) is 31.3 Å². The molecule has 3 N–H and O–H groups in total. The summed E-state index contributed by atoms with van der Waals surface area (Å²) in [6.07, 6.45) is 1.46. The molecule has 1 aromatic carbocycles. The van der Waals surface area contributed by atoms with Crippen LogP contribution in [0.5, 0.6) is 0 Å². The van der Waals surface area contributed by atoms with E-state index < -0.39 is 0 Å². The average Bonchev–Trinajstić information content (AvgIpc) is 2.45. The molecule has 0 radical (unpaired) electrons. The van der Waals surface area contributed by atoms with Crippen molar-refractivity contribution in [2.45, 2.75) is 19.4 Å². The number of hydrogen-bond donors (Lipinski definition) is 2. The second-order valence-electron chi connectivity index (χ2n) is 4.85. The van der Waals surface area contributed by atoms with Crippen LogP contribution < -0.4 is 11.1 Å². The average molecular weight is 279 g/mol. The maximum absolute atomic E-state index is 11.9. The summed E-state index contributed by atoms with van der Waals surface area (Å²) >= 11 is 0. The highest BCUT2D eigenvalue weighted by Crippen LogP contribution is 2.10. The van der Waals surface area contributed by atoms with Crippen LogP contribution >= 0.6 is 0 Å². The molecule has 112 valence electrons. The third kappa shape index (κ3) is 6.65. The van der Waals surface area contributed by atoms with Crippen molar-refractivity contribution in [2.24, 2.45) is 5.73 Å². The molecule has 0 aromatic heterocycles. The Balaban J connectivity index is 2.29. The molecule has 0 aliphatic rings. The van der Waals surface area contributed by atoms with E-state index in [0.717, 1.165) is 37.4 Å². The van der Waals surface area contributed by atoms with Crippen LogP contribution in [-0.2, 0) is 16.1 Å². The van der Waals surface area contributed by atoms with Crippen LogP contribution in [0.15, 0.2) is 24.3 Å². The molecule has 1 rings (SSSR count). The Kier molecular flexibility index (Phi) is 7.87. The monoisotopic (exact) mass is 279 g/mol. The van der Waals surface area contributed by atoms with E-state index in [-0.39, 0.29) is 5.91 Å². The summed E-state index contributed by atoms with van der Waals surface area (Å²) in [6.45, 7) is 2.91. The lowest BCUT2D eigenvalue weighted by atomic mass is 10.2. The first-order chi connectivity index (χ1) is 9.65.